The van der Waals surface area contributed by atoms with Crippen molar-refractivity contribution in [2.45, 2.75) is 17.8 Å². The monoisotopic (exact) mass is 982 g/mol. The number of aliphatic hydroxyl groups is 1. The molecule has 0 aliphatic heterocycles. The van der Waals surface area contributed by atoms with E-state index in [1.165, 1.54) is 259 Å². The summed E-state index contributed by atoms with van der Waals surface area (Å²) < 4.78 is 25.2. The van der Waals surface area contributed by atoms with E-state index < -0.39 is 28.2 Å². The van der Waals surface area contributed by atoms with E-state index in [2.05, 4.69) is 0 Å². The largest absolute Gasteiger partial charge is 0.465 e. The maximum atomic E-state index is 17.1. The molecule has 5 aliphatic rings. The van der Waals surface area contributed by atoms with Crippen LogP contribution in [0.5, 0.6) is 0 Å². The highest BCUT2D eigenvalue weighted by atomic mass is 16.6. The van der Waals surface area contributed by atoms with Crippen LogP contribution < -0.4 is 0 Å². The molecule has 0 heterocycles. The Labute approximate surface area is 426 Å². The molecule has 28 aromatic carbocycles. The van der Waals surface area contributed by atoms with E-state index in [4.69, 9.17) is 18.9 Å². The second kappa shape index (κ2) is 7.71. The van der Waals surface area contributed by atoms with Gasteiger partial charge in [0.2, 0.25) is 0 Å². The number of hydrogen-bond donors (Lipinski definition) is 1. The van der Waals surface area contributed by atoms with Gasteiger partial charge >= 0.3 is 11.9 Å². The fourth-order valence-electron chi connectivity index (χ4n) is 26.2. The Balaban J connectivity index is 0.998. The van der Waals surface area contributed by atoms with E-state index in [-0.39, 0.29) is 33.0 Å². The molecule has 7 nitrogen and oxygen atoms in total. The summed E-state index contributed by atoms with van der Waals surface area (Å²) in [6, 6.07) is 0. The molecule has 1 N–H and O–H groups in total. The van der Waals surface area contributed by atoms with Gasteiger partial charge < -0.3 is 24.1 Å². The molecule has 0 bridgehead atoms. The summed E-state index contributed by atoms with van der Waals surface area (Å²) in [5.74, 6) is -0.917. The van der Waals surface area contributed by atoms with Crippen LogP contribution in [-0.4, -0.2) is 63.3 Å². The Morgan fingerprint density at radius 1 is 0.269 bits per heavy atom. The Hall–Kier alpha value is -8.72. The zero-order chi connectivity index (χ0) is 47.9. The molecule has 7 heteroatoms. The molecular weight excluding hydrogens is 965 g/mol. The predicted molar refractivity (Wildman–Crippen MR) is 313 cm³/mol. The van der Waals surface area contributed by atoms with Crippen LogP contribution >= 0.6 is 0 Å². The number of aliphatic hydroxyl groups excluding tert-OH is 1. The lowest BCUT2D eigenvalue weighted by molar-refractivity contribution is -0.167. The van der Waals surface area contributed by atoms with Crippen molar-refractivity contribution >= 4 is 303 Å². The molecule has 0 unspecified atom stereocenters. The predicted octanol–water partition coefficient (Wildman–Crippen LogP) is 15.4. The molecule has 0 radical (unpaired) electrons. The molecule has 0 saturated heterocycles. The molecule has 33 rings (SSSR count). The first-order chi connectivity index (χ1) is 38.7. The minimum absolute atomic E-state index is 0.00885. The third-order valence-corrected chi connectivity index (χ3v) is 26.3. The number of hydrogen-bond acceptors (Lipinski definition) is 7. The van der Waals surface area contributed by atoms with Crippen molar-refractivity contribution in [3.05, 3.63) is 22.3 Å². The minimum Gasteiger partial charge on any atom is -0.465 e. The number of esters is 2. The van der Waals surface area contributed by atoms with Crippen molar-refractivity contribution in [1.29, 1.82) is 0 Å². The van der Waals surface area contributed by atoms with Crippen molar-refractivity contribution in [3.63, 3.8) is 0 Å². The summed E-state index contributed by atoms with van der Waals surface area (Å²) in [5.41, 5.74) is 0.908. The van der Waals surface area contributed by atoms with Crippen LogP contribution in [0.15, 0.2) is 0 Å². The average Bonchev–Trinajstić information content (AvgIpc) is 1.46. The molecule has 0 amide bonds. The van der Waals surface area contributed by atoms with E-state index in [1.54, 1.807) is 53.9 Å². The highest BCUT2D eigenvalue weighted by molar-refractivity contribution is 6.82. The van der Waals surface area contributed by atoms with Gasteiger partial charge in [0.05, 0.1) is 50.5 Å². The Bertz CT molecular complexity index is 6890. The van der Waals surface area contributed by atoms with Gasteiger partial charge in [-0.25, -0.2) is 0 Å². The molecule has 1 fully saturated rings. The van der Waals surface area contributed by atoms with Gasteiger partial charge in [0, 0.05) is 0 Å². The zero-order valence-corrected chi connectivity index (χ0v) is 40.3. The number of benzene rings is 18. The highest BCUT2D eigenvalue weighted by Gasteiger charge is 3.01. The molecule has 0 aromatic heterocycles. The zero-order valence-electron chi connectivity index (χ0n) is 40.3. The summed E-state index contributed by atoms with van der Waals surface area (Å²) in [7, 11) is 0. The smallest absolute Gasteiger partial charge is 0.326 e. The highest BCUT2D eigenvalue weighted by Crippen LogP contribution is 2.96. The number of ether oxygens (including phenoxy) is 4. The lowest BCUT2D eigenvalue weighted by atomic mass is 9.68. The van der Waals surface area contributed by atoms with Gasteiger partial charge in [-0.3, -0.25) is 9.59 Å². The van der Waals surface area contributed by atoms with Crippen LogP contribution in [-0.2, 0) is 39.4 Å². The Kier molecular flexibility index (Phi) is 3.17. The van der Waals surface area contributed by atoms with Crippen LogP contribution in [0, 0.1) is 5.41 Å². The van der Waals surface area contributed by atoms with E-state index >= 15 is 9.59 Å². The van der Waals surface area contributed by atoms with Gasteiger partial charge in [0.1, 0.15) is 6.61 Å². The van der Waals surface area contributed by atoms with Crippen molar-refractivity contribution in [2.24, 2.45) is 5.41 Å². The van der Waals surface area contributed by atoms with Crippen LogP contribution in [0.2, 0.25) is 0 Å². The van der Waals surface area contributed by atoms with Crippen LogP contribution in [0.25, 0.3) is 291 Å². The third kappa shape index (κ3) is 1.80. The Morgan fingerprint density at radius 3 is 0.654 bits per heavy atom. The van der Waals surface area contributed by atoms with E-state index in [0.29, 0.717) is 13.2 Å². The first-order valence-corrected chi connectivity index (χ1v) is 28.6. The van der Waals surface area contributed by atoms with Crippen molar-refractivity contribution in [3.8, 4) is 0 Å². The molecule has 1 saturated carbocycles. The second-order valence-electron chi connectivity index (χ2n) is 26.8. The van der Waals surface area contributed by atoms with Gasteiger partial charge in [-0.05, 0) is 320 Å². The number of carbonyl (C=O) groups is 2. The number of carbonyl (C=O) groups excluding carboxylic acids is 2. The van der Waals surface area contributed by atoms with Gasteiger partial charge in [-0.1, -0.05) is 0 Å². The van der Waals surface area contributed by atoms with Crippen molar-refractivity contribution in [2.75, 3.05) is 46.2 Å². The first-order valence-electron chi connectivity index (χ1n) is 28.6. The summed E-state index contributed by atoms with van der Waals surface area (Å²) in [6.07, 6.45) is 0. The summed E-state index contributed by atoms with van der Waals surface area (Å²) in [5, 5.41) is 88.1. The van der Waals surface area contributed by atoms with Gasteiger partial charge in [-0.2, -0.15) is 0 Å². The Morgan fingerprint density at radius 2 is 0.449 bits per heavy atom. The van der Waals surface area contributed by atoms with Gasteiger partial charge in [-0.15, -0.1) is 0 Å². The summed E-state index contributed by atoms with van der Waals surface area (Å²) in [4.78, 5) is 34.0. The molecule has 344 valence electrons. The van der Waals surface area contributed by atoms with Crippen LogP contribution in [0.4, 0.5) is 0 Å². The molecular formula is C71H18O7. The molecule has 5 aliphatic carbocycles. The van der Waals surface area contributed by atoms with Gasteiger partial charge in [0.15, 0.2) is 5.41 Å². The molecule has 78 heavy (non-hydrogen) atoms. The standard InChI is InChI=1S/C71H18O7/c1-2-77-67(73)71(68(74)78-8-7-76-6-5-75-4-3-72)69-63-55-47-37-27-19-11-9-10-13-17-15(11)23-31-25(17)35-29-21(13)22-14(10)18-16-12(9)20(19)28-34-24(16)32-26(18)36-30(22)40-39(29)49-43(35)53-45(31)51(41(47)33(23)27)59(63)61(53)65-57(49)58-50(40)44(36)54-46(32)52-42(34)48(38(28)37)56(55)64(69)60(52)62(54)66(58)70(65,69)71/h72H,2-8H2,1H3. The van der Waals surface area contributed by atoms with E-state index in [1.807, 2.05) is 6.92 Å². The maximum absolute atomic E-state index is 17.1. The minimum atomic E-state index is -1.77. The van der Waals surface area contributed by atoms with Gasteiger partial charge in [0.25, 0.3) is 0 Å². The fraction of sp³-hybridized carbons (Fsp3) is 0.155. The van der Waals surface area contributed by atoms with Crippen molar-refractivity contribution < 1.29 is 33.6 Å². The number of rotatable bonds is 11. The second-order valence-corrected chi connectivity index (χ2v) is 26.8. The first kappa shape index (κ1) is 32.1. The van der Waals surface area contributed by atoms with Crippen LogP contribution in [0.1, 0.15) is 29.2 Å². The van der Waals surface area contributed by atoms with E-state index in [0.717, 1.165) is 0 Å². The molecule has 2 spiro atoms. The summed E-state index contributed by atoms with van der Waals surface area (Å²) in [6.45, 7) is 3.02. The van der Waals surface area contributed by atoms with Crippen LogP contribution in [0.3, 0.4) is 0 Å². The molecule has 28 aromatic rings. The lowest BCUT2D eigenvalue weighted by Crippen LogP contribution is -2.39. The van der Waals surface area contributed by atoms with E-state index in [9.17, 15) is 5.11 Å². The SMILES string of the molecule is CCOC(=O)C1(C(=O)OCCOCCOCCO)C23c4c5c6c7c8c9c(c%10c%11c2c2c4c4c%12c5c5c6c6c8c8c%13c9c9c%10c%10c%11c%11c2c2c4c4c%12c%12c5c5c6c8c6c8c%13c9c9c%10c%10c%11c2c2c4c4c%12c5c6c5c8c9c%10c2c45)C713. The quantitative estimate of drug-likeness (QED) is 0.0597. The lowest BCUT2D eigenvalue weighted by Gasteiger charge is -2.32. The topological polar surface area (TPSA) is 91.3 Å². The average molecular weight is 983 g/mol. The molecule has 0 atom stereocenters. The maximum Gasteiger partial charge on any atom is 0.326 e. The summed E-state index contributed by atoms with van der Waals surface area (Å²) >= 11 is 0. The van der Waals surface area contributed by atoms with Crippen molar-refractivity contribution in [1.82, 2.24) is 0 Å². The third-order valence-electron chi connectivity index (χ3n) is 26.3. The normalized spacial score (nSPS) is 22.9. The fourth-order valence-corrected chi connectivity index (χ4v) is 26.2.